The molecule has 5 nitrogen and oxygen atoms in total. The van der Waals surface area contributed by atoms with Crippen LogP contribution in [0.1, 0.15) is 11.1 Å². The fourth-order valence-electron chi connectivity index (χ4n) is 1.91. The van der Waals surface area contributed by atoms with E-state index >= 15 is 0 Å². The minimum absolute atomic E-state index is 0.147. The van der Waals surface area contributed by atoms with Crippen molar-refractivity contribution in [2.45, 2.75) is 6.92 Å². The highest BCUT2D eigenvalue weighted by Crippen LogP contribution is 2.25. The van der Waals surface area contributed by atoms with Gasteiger partial charge in [-0.05, 0) is 42.8 Å². The molecular weight excluding hydrogens is 280 g/mol. The maximum Gasteiger partial charge on any atom is 0.262 e. The first-order valence-electron chi connectivity index (χ1n) is 6.70. The Labute approximate surface area is 129 Å². The minimum Gasteiger partial charge on any atom is -0.495 e. The molecule has 0 spiro atoms. The topological polar surface area (TPSA) is 71.3 Å². The maximum atomic E-state index is 12.0. The summed E-state index contributed by atoms with van der Waals surface area (Å²) in [5.74, 6) is 0.766. The van der Waals surface area contributed by atoms with Gasteiger partial charge < -0.3 is 14.8 Å². The summed E-state index contributed by atoms with van der Waals surface area (Å²) < 4.78 is 10.6. The number of ether oxygens (including phenoxy) is 2. The molecule has 0 saturated carbocycles. The van der Waals surface area contributed by atoms with Crippen LogP contribution in [0.5, 0.6) is 11.5 Å². The molecule has 0 aliphatic carbocycles. The van der Waals surface area contributed by atoms with Gasteiger partial charge in [0.1, 0.15) is 11.5 Å². The molecule has 0 bridgehead atoms. The zero-order valence-corrected chi connectivity index (χ0v) is 12.4. The lowest BCUT2D eigenvalue weighted by Gasteiger charge is -2.11. The molecule has 0 unspecified atom stereocenters. The van der Waals surface area contributed by atoms with E-state index in [0.29, 0.717) is 22.7 Å². The summed E-state index contributed by atoms with van der Waals surface area (Å²) in [6, 6.07) is 14.2. The van der Waals surface area contributed by atoms with Gasteiger partial charge in [0.2, 0.25) is 0 Å². The molecule has 2 rings (SSSR count). The van der Waals surface area contributed by atoms with Gasteiger partial charge in [-0.3, -0.25) is 4.79 Å². The number of hydrogen-bond donors (Lipinski definition) is 1. The molecule has 0 aliphatic heterocycles. The summed E-state index contributed by atoms with van der Waals surface area (Å²) in [4.78, 5) is 12.0. The van der Waals surface area contributed by atoms with Crippen molar-refractivity contribution in [3.05, 3.63) is 53.6 Å². The van der Waals surface area contributed by atoms with Crippen molar-refractivity contribution in [1.29, 1.82) is 5.26 Å². The van der Waals surface area contributed by atoms with Gasteiger partial charge in [-0.15, -0.1) is 0 Å². The van der Waals surface area contributed by atoms with Gasteiger partial charge in [0.15, 0.2) is 6.61 Å². The standard InChI is InChI=1S/C17H16N2O3/c1-12-6-7-16(21-2)15(8-12)19-17(20)11-22-14-5-3-4-13(9-14)10-18/h3-9H,11H2,1-2H3,(H,19,20). The quantitative estimate of drug-likeness (QED) is 0.921. The Kier molecular flexibility index (Phi) is 4.99. The zero-order valence-electron chi connectivity index (χ0n) is 12.4. The Morgan fingerprint density at radius 1 is 1.27 bits per heavy atom. The van der Waals surface area contributed by atoms with Gasteiger partial charge in [-0.2, -0.15) is 5.26 Å². The molecule has 0 atom stereocenters. The minimum atomic E-state index is -0.300. The molecule has 0 fully saturated rings. The van der Waals surface area contributed by atoms with Gasteiger partial charge in [-0.25, -0.2) is 0 Å². The van der Waals surface area contributed by atoms with Crippen molar-refractivity contribution in [1.82, 2.24) is 0 Å². The van der Waals surface area contributed by atoms with E-state index in [9.17, 15) is 4.79 Å². The molecule has 0 saturated heterocycles. The smallest absolute Gasteiger partial charge is 0.262 e. The summed E-state index contributed by atoms with van der Waals surface area (Å²) in [7, 11) is 1.55. The van der Waals surface area contributed by atoms with E-state index in [1.54, 1.807) is 37.4 Å². The van der Waals surface area contributed by atoms with Gasteiger partial charge >= 0.3 is 0 Å². The molecule has 22 heavy (non-hydrogen) atoms. The van der Waals surface area contributed by atoms with E-state index in [4.69, 9.17) is 14.7 Å². The van der Waals surface area contributed by atoms with E-state index in [-0.39, 0.29) is 12.5 Å². The number of benzene rings is 2. The van der Waals surface area contributed by atoms with Gasteiger partial charge in [-0.1, -0.05) is 12.1 Å². The molecular formula is C17H16N2O3. The highest BCUT2D eigenvalue weighted by atomic mass is 16.5. The fourth-order valence-corrected chi connectivity index (χ4v) is 1.91. The highest BCUT2D eigenvalue weighted by molar-refractivity contribution is 5.93. The number of carbonyl (C=O) groups is 1. The predicted molar refractivity (Wildman–Crippen MR) is 83.0 cm³/mol. The van der Waals surface area contributed by atoms with E-state index in [1.165, 1.54) is 0 Å². The first-order valence-corrected chi connectivity index (χ1v) is 6.70. The van der Waals surface area contributed by atoms with Gasteiger partial charge in [0.25, 0.3) is 5.91 Å². The Hall–Kier alpha value is -3.00. The monoisotopic (exact) mass is 296 g/mol. The first kappa shape index (κ1) is 15.4. The van der Waals surface area contributed by atoms with E-state index < -0.39 is 0 Å². The number of rotatable bonds is 5. The number of amides is 1. The van der Waals surface area contributed by atoms with Crippen LogP contribution in [-0.2, 0) is 4.79 Å². The Morgan fingerprint density at radius 2 is 2.09 bits per heavy atom. The molecule has 0 radical (unpaired) electrons. The number of anilines is 1. The number of nitrogens with zero attached hydrogens (tertiary/aromatic N) is 1. The lowest BCUT2D eigenvalue weighted by Crippen LogP contribution is -2.20. The zero-order chi connectivity index (χ0) is 15.9. The molecule has 2 aromatic rings. The van der Waals surface area contributed by atoms with Crippen LogP contribution in [0.15, 0.2) is 42.5 Å². The van der Waals surface area contributed by atoms with Crippen molar-refractivity contribution in [3.8, 4) is 17.6 Å². The van der Waals surface area contributed by atoms with Crippen LogP contribution in [0.25, 0.3) is 0 Å². The van der Waals surface area contributed by atoms with Crippen LogP contribution < -0.4 is 14.8 Å². The van der Waals surface area contributed by atoms with Crippen molar-refractivity contribution >= 4 is 11.6 Å². The van der Waals surface area contributed by atoms with Crippen LogP contribution in [0.3, 0.4) is 0 Å². The van der Waals surface area contributed by atoms with Crippen molar-refractivity contribution in [3.63, 3.8) is 0 Å². The lowest BCUT2D eigenvalue weighted by molar-refractivity contribution is -0.118. The molecule has 1 N–H and O–H groups in total. The third-order valence-electron chi connectivity index (χ3n) is 2.96. The second kappa shape index (κ2) is 7.14. The van der Waals surface area contributed by atoms with Crippen LogP contribution in [0, 0.1) is 18.3 Å². The van der Waals surface area contributed by atoms with Crippen LogP contribution in [0.4, 0.5) is 5.69 Å². The summed E-state index contributed by atoms with van der Waals surface area (Å²) in [6.07, 6.45) is 0. The Bertz CT molecular complexity index is 720. The number of carbonyl (C=O) groups excluding carboxylic acids is 1. The molecule has 2 aromatic carbocycles. The third kappa shape index (κ3) is 4.00. The van der Waals surface area contributed by atoms with Crippen molar-refractivity contribution in [2.24, 2.45) is 0 Å². The number of nitrogens with one attached hydrogen (secondary N) is 1. The normalized spacial score (nSPS) is 9.68. The van der Waals surface area contributed by atoms with Crippen LogP contribution in [0.2, 0.25) is 0 Å². The van der Waals surface area contributed by atoms with Crippen LogP contribution in [-0.4, -0.2) is 19.6 Å². The molecule has 0 aromatic heterocycles. The Morgan fingerprint density at radius 3 is 2.82 bits per heavy atom. The van der Waals surface area contributed by atoms with Crippen LogP contribution >= 0.6 is 0 Å². The second-order valence-corrected chi connectivity index (χ2v) is 4.68. The van der Waals surface area contributed by atoms with E-state index in [2.05, 4.69) is 5.32 Å². The second-order valence-electron chi connectivity index (χ2n) is 4.68. The fraction of sp³-hybridized carbons (Fsp3) is 0.176. The summed E-state index contributed by atoms with van der Waals surface area (Å²) in [5, 5.41) is 11.6. The molecule has 0 aliphatic rings. The number of aryl methyl sites for hydroxylation is 1. The first-order chi connectivity index (χ1) is 10.6. The molecule has 1 amide bonds. The Balaban J connectivity index is 1.99. The average Bonchev–Trinajstić information content (AvgIpc) is 2.53. The predicted octanol–water partition coefficient (Wildman–Crippen LogP) is 2.89. The molecule has 112 valence electrons. The van der Waals surface area contributed by atoms with Crippen molar-refractivity contribution in [2.75, 3.05) is 19.0 Å². The maximum absolute atomic E-state index is 12.0. The van der Waals surface area contributed by atoms with Gasteiger partial charge in [0, 0.05) is 0 Å². The van der Waals surface area contributed by atoms with E-state index in [0.717, 1.165) is 5.56 Å². The largest absolute Gasteiger partial charge is 0.495 e. The SMILES string of the molecule is COc1ccc(C)cc1NC(=O)COc1cccc(C#N)c1. The third-order valence-corrected chi connectivity index (χ3v) is 2.96. The van der Waals surface area contributed by atoms with E-state index in [1.807, 2.05) is 25.1 Å². The lowest BCUT2D eigenvalue weighted by atomic mass is 10.2. The van der Waals surface area contributed by atoms with Crippen molar-refractivity contribution < 1.29 is 14.3 Å². The summed E-state index contributed by atoms with van der Waals surface area (Å²) >= 11 is 0. The average molecular weight is 296 g/mol. The summed E-state index contributed by atoms with van der Waals surface area (Å²) in [6.45, 7) is 1.78. The summed E-state index contributed by atoms with van der Waals surface area (Å²) in [5.41, 5.74) is 2.10. The van der Waals surface area contributed by atoms with Gasteiger partial charge in [0.05, 0.1) is 24.4 Å². The number of methoxy groups -OCH3 is 1. The number of nitriles is 1. The molecule has 0 heterocycles. The number of hydrogen-bond acceptors (Lipinski definition) is 4. The highest BCUT2D eigenvalue weighted by Gasteiger charge is 2.08. The molecule has 5 heteroatoms.